The predicted molar refractivity (Wildman–Crippen MR) is 108 cm³/mol. The summed E-state index contributed by atoms with van der Waals surface area (Å²) in [5.74, 6) is 0.188. The van der Waals surface area contributed by atoms with Crippen LogP contribution in [-0.4, -0.2) is 31.0 Å². The first-order valence-corrected chi connectivity index (χ1v) is 9.13. The van der Waals surface area contributed by atoms with Gasteiger partial charge in [0.2, 0.25) is 5.91 Å². The van der Waals surface area contributed by atoms with Gasteiger partial charge in [0.25, 0.3) is 5.91 Å². The molecule has 0 heterocycles. The second-order valence-corrected chi connectivity index (χ2v) is 6.95. The summed E-state index contributed by atoms with van der Waals surface area (Å²) in [7, 11) is 3.04. The molecule has 5 heteroatoms. The lowest BCUT2D eigenvalue weighted by molar-refractivity contribution is -0.168. The number of aryl methyl sites for hydroxylation is 2. The van der Waals surface area contributed by atoms with Crippen molar-refractivity contribution in [3.63, 3.8) is 0 Å². The summed E-state index contributed by atoms with van der Waals surface area (Å²) in [6.45, 7) is 6.36. The van der Waals surface area contributed by atoms with Gasteiger partial charge >= 0.3 is 0 Å². The zero-order chi connectivity index (χ0) is 20.0. The van der Waals surface area contributed by atoms with E-state index in [4.69, 9.17) is 4.84 Å². The number of nitrogens with one attached hydrogen (secondary N) is 1. The molecule has 2 aromatic rings. The first-order chi connectivity index (χ1) is 12.8. The van der Waals surface area contributed by atoms with Crippen LogP contribution in [0.15, 0.2) is 42.5 Å². The number of rotatable bonds is 7. The van der Waals surface area contributed by atoms with E-state index in [1.165, 1.54) is 17.7 Å². The normalized spacial score (nSPS) is 10.7. The molecule has 0 fully saturated rings. The Bertz CT molecular complexity index is 815. The molecule has 2 rings (SSSR count). The molecule has 2 amide bonds. The van der Waals surface area contributed by atoms with E-state index in [9.17, 15) is 9.59 Å². The highest BCUT2D eigenvalue weighted by Crippen LogP contribution is 2.22. The number of amides is 2. The molecule has 2 aromatic carbocycles. The third kappa shape index (κ3) is 5.66. The molecule has 0 atom stereocenters. The van der Waals surface area contributed by atoms with Gasteiger partial charge in [-0.1, -0.05) is 32.0 Å². The Kier molecular flexibility index (Phi) is 7.13. The maximum absolute atomic E-state index is 12.6. The lowest BCUT2D eigenvalue weighted by Crippen LogP contribution is -2.25. The summed E-state index contributed by atoms with van der Waals surface area (Å²) in [5.41, 5.74) is 4.74. The van der Waals surface area contributed by atoms with Gasteiger partial charge in [0.15, 0.2) is 0 Å². The molecule has 0 aliphatic rings. The number of hydrogen-bond donors (Lipinski definition) is 1. The summed E-state index contributed by atoms with van der Waals surface area (Å²) in [6.07, 6.45) is 0.876. The van der Waals surface area contributed by atoms with Crippen molar-refractivity contribution in [2.75, 3.05) is 19.5 Å². The number of nitrogens with zero attached hydrogens (tertiary/aromatic N) is 1. The fraction of sp³-hybridized carbons (Fsp3) is 0.364. The third-order valence-electron chi connectivity index (χ3n) is 4.59. The first-order valence-electron chi connectivity index (χ1n) is 9.13. The Morgan fingerprint density at radius 1 is 1.15 bits per heavy atom. The molecule has 0 aliphatic heterocycles. The lowest BCUT2D eigenvalue weighted by atomic mass is 9.97. The summed E-state index contributed by atoms with van der Waals surface area (Å²) >= 11 is 0. The third-order valence-corrected chi connectivity index (χ3v) is 4.59. The van der Waals surface area contributed by atoms with Crippen LogP contribution in [0.4, 0.5) is 5.69 Å². The molecular weight excluding hydrogens is 340 g/mol. The smallest absolute Gasteiger partial charge is 0.255 e. The van der Waals surface area contributed by atoms with E-state index in [-0.39, 0.29) is 11.8 Å². The van der Waals surface area contributed by atoms with Crippen LogP contribution in [-0.2, 0) is 16.1 Å². The molecule has 1 N–H and O–H groups in total. The quantitative estimate of drug-likeness (QED) is 0.740. The lowest BCUT2D eigenvalue weighted by Gasteiger charge is -2.14. The van der Waals surface area contributed by atoms with Crippen molar-refractivity contribution in [1.29, 1.82) is 0 Å². The van der Waals surface area contributed by atoms with Gasteiger partial charge in [0.1, 0.15) is 0 Å². The zero-order valence-corrected chi connectivity index (χ0v) is 16.7. The van der Waals surface area contributed by atoms with E-state index in [0.717, 1.165) is 16.8 Å². The molecule has 0 aliphatic carbocycles. The summed E-state index contributed by atoms with van der Waals surface area (Å²) < 4.78 is 0. The number of benzene rings is 2. The summed E-state index contributed by atoms with van der Waals surface area (Å²) in [5, 5.41) is 4.16. The average molecular weight is 368 g/mol. The van der Waals surface area contributed by atoms with Gasteiger partial charge in [-0.3, -0.25) is 14.4 Å². The predicted octanol–water partition coefficient (Wildman–Crippen LogP) is 4.32. The zero-order valence-electron chi connectivity index (χ0n) is 16.7. The van der Waals surface area contributed by atoms with Crippen LogP contribution >= 0.6 is 0 Å². The SMILES string of the molecule is CON(C)C(=O)CCc1cccc(C(=O)Nc2ccc(C(C)C)c(C)c2)c1. The Morgan fingerprint density at radius 3 is 2.52 bits per heavy atom. The van der Waals surface area contributed by atoms with Gasteiger partial charge < -0.3 is 5.32 Å². The van der Waals surface area contributed by atoms with E-state index in [0.29, 0.717) is 24.3 Å². The Labute approximate surface area is 161 Å². The van der Waals surface area contributed by atoms with Gasteiger partial charge in [0.05, 0.1) is 7.11 Å². The van der Waals surface area contributed by atoms with Crippen molar-refractivity contribution in [2.24, 2.45) is 0 Å². The Hall–Kier alpha value is -2.66. The Morgan fingerprint density at radius 2 is 1.89 bits per heavy atom. The van der Waals surface area contributed by atoms with E-state index in [2.05, 4.69) is 32.2 Å². The molecular formula is C22H28N2O3. The highest BCUT2D eigenvalue weighted by molar-refractivity contribution is 6.04. The highest BCUT2D eigenvalue weighted by Gasteiger charge is 2.11. The van der Waals surface area contributed by atoms with Crippen LogP contribution < -0.4 is 5.32 Å². The van der Waals surface area contributed by atoms with Crippen LogP contribution in [0.2, 0.25) is 0 Å². The molecule has 144 valence electrons. The Balaban J connectivity index is 2.04. The van der Waals surface area contributed by atoms with E-state index < -0.39 is 0 Å². The molecule has 0 radical (unpaired) electrons. The molecule has 0 bridgehead atoms. The number of hydrogen-bond acceptors (Lipinski definition) is 3. The van der Waals surface area contributed by atoms with Crippen LogP contribution in [0, 0.1) is 6.92 Å². The first kappa shape index (κ1) is 20.6. The molecule has 0 saturated heterocycles. The minimum absolute atomic E-state index is 0.104. The molecule has 0 saturated carbocycles. The van der Waals surface area contributed by atoms with Crippen molar-refractivity contribution < 1.29 is 14.4 Å². The standard InChI is InChI=1S/C22H28N2O3/c1-15(2)20-11-10-19(13-16(20)3)23-22(26)18-8-6-7-17(14-18)9-12-21(25)24(4)27-5/h6-8,10-11,13-15H,9,12H2,1-5H3,(H,23,26). The van der Waals surface area contributed by atoms with Crippen LogP contribution in [0.3, 0.4) is 0 Å². The fourth-order valence-corrected chi connectivity index (χ4v) is 2.98. The molecule has 5 nitrogen and oxygen atoms in total. The highest BCUT2D eigenvalue weighted by atomic mass is 16.7. The molecule has 0 unspecified atom stereocenters. The average Bonchev–Trinajstić information content (AvgIpc) is 2.65. The largest absolute Gasteiger partial charge is 0.322 e. The topological polar surface area (TPSA) is 58.6 Å². The second kappa shape index (κ2) is 9.33. The van der Waals surface area contributed by atoms with Crippen molar-refractivity contribution in [2.45, 2.75) is 39.5 Å². The second-order valence-electron chi connectivity index (χ2n) is 6.95. The number of carbonyl (C=O) groups excluding carboxylic acids is 2. The molecule has 27 heavy (non-hydrogen) atoms. The van der Waals surface area contributed by atoms with Crippen molar-refractivity contribution in [1.82, 2.24) is 5.06 Å². The van der Waals surface area contributed by atoms with E-state index in [1.807, 2.05) is 30.3 Å². The number of carbonyl (C=O) groups is 2. The summed E-state index contributed by atoms with van der Waals surface area (Å²) in [4.78, 5) is 29.3. The molecule has 0 spiro atoms. The van der Waals surface area contributed by atoms with Crippen molar-refractivity contribution >= 4 is 17.5 Å². The number of hydroxylamine groups is 2. The van der Waals surface area contributed by atoms with Crippen molar-refractivity contribution in [3.8, 4) is 0 Å². The number of anilines is 1. The van der Waals surface area contributed by atoms with Crippen molar-refractivity contribution in [3.05, 3.63) is 64.7 Å². The monoisotopic (exact) mass is 368 g/mol. The maximum atomic E-state index is 12.6. The van der Waals surface area contributed by atoms with Gasteiger partial charge in [0, 0.05) is 24.7 Å². The van der Waals surface area contributed by atoms with Gasteiger partial charge in [-0.05, 0) is 60.2 Å². The molecule has 0 aromatic heterocycles. The maximum Gasteiger partial charge on any atom is 0.255 e. The minimum atomic E-state index is -0.158. The fourth-order valence-electron chi connectivity index (χ4n) is 2.98. The minimum Gasteiger partial charge on any atom is -0.322 e. The van der Waals surface area contributed by atoms with Crippen LogP contribution in [0.25, 0.3) is 0 Å². The van der Waals surface area contributed by atoms with E-state index in [1.54, 1.807) is 13.1 Å². The van der Waals surface area contributed by atoms with Gasteiger partial charge in [-0.15, -0.1) is 0 Å². The van der Waals surface area contributed by atoms with Crippen LogP contribution in [0.5, 0.6) is 0 Å². The van der Waals surface area contributed by atoms with E-state index >= 15 is 0 Å². The summed E-state index contributed by atoms with van der Waals surface area (Å²) in [6, 6.07) is 13.3. The van der Waals surface area contributed by atoms with Gasteiger partial charge in [-0.25, -0.2) is 5.06 Å². The van der Waals surface area contributed by atoms with Gasteiger partial charge in [-0.2, -0.15) is 0 Å². The van der Waals surface area contributed by atoms with Crippen LogP contribution in [0.1, 0.15) is 53.2 Å².